The second-order valence-corrected chi connectivity index (χ2v) is 7.29. The fourth-order valence-electron chi connectivity index (χ4n) is 2.30. The average molecular weight is 435 g/mol. The normalized spacial score (nSPS) is 10.7. The molecule has 0 saturated heterocycles. The van der Waals surface area contributed by atoms with Crippen LogP contribution in [0.2, 0.25) is 0 Å². The van der Waals surface area contributed by atoms with E-state index in [1.165, 1.54) is 23.9 Å². The Bertz CT molecular complexity index is 962. The monoisotopic (exact) mass is 434 g/mol. The first-order valence-electron chi connectivity index (χ1n) is 7.94. The van der Waals surface area contributed by atoms with Crippen LogP contribution < -0.4 is 10.9 Å². The summed E-state index contributed by atoms with van der Waals surface area (Å²) < 4.78 is 15.5. The number of benzene rings is 2. The molecule has 3 rings (SSSR count). The number of anilines is 2. The van der Waals surface area contributed by atoms with Gasteiger partial charge in [-0.15, -0.1) is 10.2 Å². The summed E-state index contributed by atoms with van der Waals surface area (Å²) >= 11 is 4.79. The van der Waals surface area contributed by atoms with Gasteiger partial charge < -0.3 is 5.32 Å². The molecular formula is C18H16BrFN4OS. The molecule has 1 heterocycles. The predicted octanol–water partition coefficient (Wildman–Crippen LogP) is 4.60. The zero-order valence-electron chi connectivity index (χ0n) is 13.9. The van der Waals surface area contributed by atoms with E-state index in [1.807, 2.05) is 31.2 Å². The zero-order chi connectivity index (χ0) is 18.5. The summed E-state index contributed by atoms with van der Waals surface area (Å²) in [7, 11) is 0. The van der Waals surface area contributed by atoms with Gasteiger partial charge in [0, 0.05) is 22.5 Å². The molecule has 1 aromatic heterocycles. The molecule has 0 atom stereocenters. The van der Waals surface area contributed by atoms with Gasteiger partial charge in [-0.05, 0) is 42.8 Å². The van der Waals surface area contributed by atoms with Gasteiger partial charge in [-0.3, -0.25) is 9.36 Å². The molecule has 0 amide bonds. The molecule has 0 unspecified atom stereocenters. The van der Waals surface area contributed by atoms with E-state index in [0.29, 0.717) is 17.5 Å². The van der Waals surface area contributed by atoms with Gasteiger partial charge in [-0.2, -0.15) is 0 Å². The van der Waals surface area contributed by atoms with Crippen molar-refractivity contribution >= 4 is 39.2 Å². The smallest absolute Gasteiger partial charge is 0.297 e. The highest BCUT2D eigenvalue weighted by Crippen LogP contribution is 2.21. The third-order valence-corrected chi connectivity index (χ3v) is 5.13. The van der Waals surface area contributed by atoms with Crippen LogP contribution >= 0.6 is 27.7 Å². The number of nitrogens with one attached hydrogen (secondary N) is 1. The SMILES string of the molecule is CCn1c(SCc2ccc(F)cc2)nnc(Nc2cccc(Br)c2)c1=O. The van der Waals surface area contributed by atoms with Gasteiger partial charge in [-0.25, -0.2) is 4.39 Å². The van der Waals surface area contributed by atoms with E-state index in [4.69, 9.17) is 0 Å². The minimum absolute atomic E-state index is 0.177. The minimum Gasteiger partial charge on any atom is -0.334 e. The first-order chi connectivity index (χ1) is 12.6. The molecule has 1 N–H and O–H groups in total. The lowest BCUT2D eigenvalue weighted by Crippen LogP contribution is -2.26. The molecule has 0 spiro atoms. The van der Waals surface area contributed by atoms with Crippen molar-refractivity contribution in [2.75, 3.05) is 5.32 Å². The van der Waals surface area contributed by atoms with Crippen LogP contribution in [-0.4, -0.2) is 14.8 Å². The molecule has 0 aliphatic carbocycles. The van der Waals surface area contributed by atoms with Gasteiger partial charge in [0.15, 0.2) is 5.16 Å². The Balaban J connectivity index is 1.80. The summed E-state index contributed by atoms with van der Waals surface area (Å²) in [6, 6.07) is 13.7. The summed E-state index contributed by atoms with van der Waals surface area (Å²) in [5, 5.41) is 11.8. The molecule has 3 aromatic rings. The van der Waals surface area contributed by atoms with Crippen molar-refractivity contribution in [3.05, 3.63) is 74.7 Å². The van der Waals surface area contributed by atoms with Crippen molar-refractivity contribution in [1.29, 1.82) is 0 Å². The van der Waals surface area contributed by atoms with Crippen molar-refractivity contribution in [1.82, 2.24) is 14.8 Å². The maximum Gasteiger partial charge on any atom is 0.297 e. The third kappa shape index (κ3) is 4.50. The van der Waals surface area contributed by atoms with Crippen LogP contribution in [0.1, 0.15) is 12.5 Å². The number of halogens is 2. The molecule has 0 bridgehead atoms. The van der Waals surface area contributed by atoms with Crippen LogP contribution in [0, 0.1) is 5.82 Å². The summed E-state index contributed by atoms with van der Waals surface area (Å²) in [6.45, 7) is 2.36. The van der Waals surface area contributed by atoms with Crippen LogP contribution in [0.3, 0.4) is 0 Å². The van der Waals surface area contributed by atoms with Gasteiger partial charge in [0.25, 0.3) is 5.56 Å². The van der Waals surface area contributed by atoms with Gasteiger partial charge in [-0.1, -0.05) is 45.9 Å². The van der Waals surface area contributed by atoms with Gasteiger partial charge in [0.2, 0.25) is 5.82 Å². The molecule has 0 aliphatic rings. The second-order valence-electron chi connectivity index (χ2n) is 5.43. The van der Waals surface area contributed by atoms with Crippen molar-refractivity contribution < 1.29 is 4.39 Å². The number of thioether (sulfide) groups is 1. The minimum atomic E-state index is -0.271. The lowest BCUT2D eigenvalue weighted by Gasteiger charge is -2.11. The van der Waals surface area contributed by atoms with Crippen molar-refractivity contribution in [3.63, 3.8) is 0 Å². The summed E-state index contributed by atoms with van der Waals surface area (Å²) in [5.74, 6) is 0.482. The number of hydrogen-bond acceptors (Lipinski definition) is 5. The maximum absolute atomic E-state index is 13.0. The maximum atomic E-state index is 13.0. The highest BCUT2D eigenvalue weighted by Gasteiger charge is 2.12. The standard InChI is InChI=1S/C18H16BrFN4OS/c1-2-24-17(25)16(21-15-5-3-4-13(19)10-15)22-23-18(24)26-11-12-6-8-14(20)9-7-12/h3-10H,2,11H2,1H3,(H,21,22). The summed E-state index contributed by atoms with van der Waals surface area (Å²) in [4.78, 5) is 12.7. The Morgan fingerprint density at radius 2 is 1.96 bits per heavy atom. The number of aromatic nitrogens is 3. The molecule has 0 aliphatic heterocycles. The molecule has 0 fully saturated rings. The largest absolute Gasteiger partial charge is 0.334 e. The van der Waals surface area contributed by atoms with Crippen LogP contribution in [-0.2, 0) is 12.3 Å². The summed E-state index contributed by atoms with van der Waals surface area (Å²) in [5.41, 5.74) is 1.47. The van der Waals surface area contributed by atoms with Crippen LogP contribution in [0.4, 0.5) is 15.9 Å². The molecule has 0 saturated carbocycles. The molecule has 0 radical (unpaired) electrons. The van der Waals surface area contributed by atoms with Gasteiger partial charge >= 0.3 is 0 Å². The first kappa shape index (κ1) is 18.6. The Hall–Kier alpha value is -2.19. The Morgan fingerprint density at radius 1 is 1.19 bits per heavy atom. The predicted molar refractivity (Wildman–Crippen MR) is 105 cm³/mol. The number of rotatable bonds is 6. The summed E-state index contributed by atoms with van der Waals surface area (Å²) in [6.07, 6.45) is 0. The van der Waals surface area contributed by atoms with Crippen LogP contribution in [0.25, 0.3) is 0 Å². The van der Waals surface area contributed by atoms with E-state index in [1.54, 1.807) is 16.7 Å². The molecule has 8 heteroatoms. The Morgan fingerprint density at radius 3 is 2.65 bits per heavy atom. The third-order valence-electron chi connectivity index (χ3n) is 3.60. The fraction of sp³-hybridized carbons (Fsp3) is 0.167. The van der Waals surface area contributed by atoms with E-state index in [-0.39, 0.29) is 17.2 Å². The van der Waals surface area contributed by atoms with E-state index in [9.17, 15) is 9.18 Å². The van der Waals surface area contributed by atoms with Crippen molar-refractivity contribution in [2.45, 2.75) is 24.4 Å². The molecule has 134 valence electrons. The molecular weight excluding hydrogens is 419 g/mol. The van der Waals surface area contributed by atoms with Crippen LogP contribution in [0.5, 0.6) is 0 Å². The highest BCUT2D eigenvalue weighted by molar-refractivity contribution is 9.10. The lowest BCUT2D eigenvalue weighted by molar-refractivity contribution is 0.597. The second kappa shape index (κ2) is 8.46. The Labute approximate surface area is 162 Å². The molecule has 26 heavy (non-hydrogen) atoms. The number of hydrogen-bond donors (Lipinski definition) is 1. The Kier molecular flexibility index (Phi) is 6.05. The molecule has 2 aromatic carbocycles. The number of nitrogens with zero attached hydrogens (tertiary/aromatic N) is 3. The molecule has 5 nitrogen and oxygen atoms in total. The average Bonchev–Trinajstić information content (AvgIpc) is 2.63. The lowest BCUT2D eigenvalue weighted by atomic mass is 10.2. The zero-order valence-corrected chi connectivity index (χ0v) is 16.3. The topological polar surface area (TPSA) is 59.8 Å². The first-order valence-corrected chi connectivity index (χ1v) is 9.72. The van der Waals surface area contributed by atoms with E-state index in [2.05, 4.69) is 31.4 Å². The van der Waals surface area contributed by atoms with Crippen molar-refractivity contribution in [3.8, 4) is 0 Å². The van der Waals surface area contributed by atoms with E-state index < -0.39 is 0 Å². The van der Waals surface area contributed by atoms with E-state index >= 15 is 0 Å². The fourth-order valence-corrected chi connectivity index (χ4v) is 3.65. The van der Waals surface area contributed by atoms with Gasteiger partial charge in [0.05, 0.1) is 0 Å². The van der Waals surface area contributed by atoms with Crippen molar-refractivity contribution in [2.24, 2.45) is 0 Å². The van der Waals surface area contributed by atoms with E-state index in [0.717, 1.165) is 15.7 Å². The van der Waals surface area contributed by atoms with Gasteiger partial charge in [0.1, 0.15) is 5.82 Å². The van der Waals surface area contributed by atoms with Crippen LogP contribution in [0.15, 0.2) is 63.0 Å². The quantitative estimate of drug-likeness (QED) is 0.574. The highest BCUT2D eigenvalue weighted by atomic mass is 79.9.